The van der Waals surface area contributed by atoms with Crippen molar-refractivity contribution in [1.82, 2.24) is 14.8 Å². The lowest BCUT2D eigenvalue weighted by Gasteiger charge is -2.34. The minimum Gasteiger partial charge on any atom is -0.321 e. The molecule has 1 saturated carbocycles. The Morgan fingerprint density at radius 2 is 2.07 bits per heavy atom. The lowest BCUT2D eigenvalue weighted by Crippen LogP contribution is -2.38. The summed E-state index contributed by atoms with van der Waals surface area (Å²) in [7, 11) is -3.52. The molecule has 1 aliphatic carbocycles. The Hall–Kier alpha value is -2.36. The van der Waals surface area contributed by atoms with Crippen LogP contribution >= 0.6 is 0 Å². The molecule has 3 rings (SSSR count). The predicted octanol–water partition coefficient (Wildman–Crippen LogP) is 2.85. The van der Waals surface area contributed by atoms with Crippen molar-refractivity contribution < 1.29 is 22.0 Å². The number of hydrogen-bond acceptors (Lipinski definition) is 5. The molecule has 2 aromatic rings. The molecule has 0 spiro atoms. The second-order valence-corrected chi connectivity index (χ2v) is 9.16. The summed E-state index contributed by atoms with van der Waals surface area (Å²) < 4.78 is 51.1. The van der Waals surface area contributed by atoms with Crippen LogP contribution in [0.15, 0.2) is 23.4 Å². The van der Waals surface area contributed by atoms with E-state index in [1.165, 1.54) is 23.0 Å². The summed E-state index contributed by atoms with van der Waals surface area (Å²) in [5.41, 5.74) is 1.98. The Morgan fingerprint density at radius 1 is 1.39 bits per heavy atom. The first-order valence-corrected chi connectivity index (χ1v) is 10.8. The molecule has 0 unspecified atom stereocenters. The zero-order valence-corrected chi connectivity index (χ0v) is 16.7. The largest absolute Gasteiger partial charge is 0.321 e. The van der Waals surface area contributed by atoms with Crippen LogP contribution in [0.2, 0.25) is 0 Å². The van der Waals surface area contributed by atoms with E-state index in [-0.39, 0.29) is 36.0 Å². The van der Waals surface area contributed by atoms with Crippen molar-refractivity contribution >= 4 is 21.4 Å². The van der Waals surface area contributed by atoms with Gasteiger partial charge in [0, 0.05) is 43.1 Å². The molecule has 10 heteroatoms. The number of anilines is 1. The maximum Gasteiger partial charge on any atom is 0.274 e. The molecule has 0 radical (unpaired) electrons. The monoisotopic (exact) mass is 412 g/mol. The van der Waals surface area contributed by atoms with Gasteiger partial charge in [-0.05, 0) is 31.4 Å². The lowest BCUT2D eigenvalue weighted by molar-refractivity contribution is -0.114. The number of halogens is 2. The van der Waals surface area contributed by atoms with Gasteiger partial charge in [0.2, 0.25) is 5.92 Å². The number of aromatic nitrogens is 3. The highest BCUT2D eigenvalue weighted by molar-refractivity contribution is 7.90. The SMILES string of the molecule is CCc1nn(CC2CC(F)(F)C2)c(C(=O)Nc2ccnc(S(C)(=O)=O)c2)c1C. The highest BCUT2D eigenvalue weighted by Gasteiger charge is 2.45. The average molecular weight is 412 g/mol. The van der Waals surface area contributed by atoms with Crippen LogP contribution in [0.4, 0.5) is 14.5 Å². The number of pyridine rings is 1. The first-order valence-electron chi connectivity index (χ1n) is 8.91. The first kappa shape index (κ1) is 20.4. The normalized spacial score (nSPS) is 16.6. The van der Waals surface area contributed by atoms with E-state index in [4.69, 9.17) is 0 Å². The summed E-state index contributed by atoms with van der Waals surface area (Å²) >= 11 is 0. The van der Waals surface area contributed by atoms with Crippen molar-refractivity contribution in [3.8, 4) is 0 Å². The Balaban J connectivity index is 1.86. The number of rotatable bonds is 6. The molecule has 2 aromatic heterocycles. The van der Waals surface area contributed by atoms with Gasteiger partial charge in [0.1, 0.15) is 5.69 Å². The van der Waals surface area contributed by atoms with Crippen molar-refractivity contribution in [3.05, 3.63) is 35.3 Å². The smallest absolute Gasteiger partial charge is 0.274 e. The van der Waals surface area contributed by atoms with Crippen LogP contribution in [0.3, 0.4) is 0 Å². The van der Waals surface area contributed by atoms with E-state index in [0.29, 0.717) is 17.7 Å². The van der Waals surface area contributed by atoms with E-state index in [1.54, 1.807) is 6.92 Å². The third kappa shape index (κ3) is 4.21. The van der Waals surface area contributed by atoms with Crippen LogP contribution in [0.1, 0.15) is 41.5 Å². The molecule has 0 aliphatic heterocycles. The van der Waals surface area contributed by atoms with Gasteiger partial charge in [-0.3, -0.25) is 9.48 Å². The average Bonchev–Trinajstić information content (AvgIpc) is 2.88. The van der Waals surface area contributed by atoms with Crippen LogP contribution in [-0.4, -0.2) is 41.3 Å². The van der Waals surface area contributed by atoms with Crippen molar-refractivity contribution in [3.63, 3.8) is 0 Å². The summed E-state index contributed by atoms with van der Waals surface area (Å²) in [5.74, 6) is -3.34. The molecule has 1 aliphatic rings. The van der Waals surface area contributed by atoms with Gasteiger partial charge in [0.25, 0.3) is 5.91 Å². The van der Waals surface area contributed by atoms with E-state index in [1.807, 2.05) is 6.92 Å². The highest BCUT2D eigenvalue weighted by atomic mass is 32.2. The maximum absolute atomic E-state index is 13.2. The van der Waals surface area contributed by atoms with Crippen LogP contribution in [0.25, 0.3) is 0 Å². The summed E-state index contributed by atoms with van der Waals surface area (Å²) in [6, 6.07) is 2.76. The zero-order valence-electron chi connectivity index (χ0n) is 15.9. The Kier molecular flexibility index (Phi) is 5.26. The molecule has 1 amide bonds. The van der Waals surface area contributed by atoms with Gasteiger partial charge >= 0.3 is 0 Å². The van der Waals surface area contributed by atoms with E-state index in [2.05, 4.69) is 15.4 Å². The molecule has 0 atom stereocenters. The third-order valence-electron chi connectivity index (χ3n) is 4.82. The van der Waals surface area contributed by atoms with Crippen LogP contribution < -0.4 is 5.32 Å². The summed E-state index contributed by atoms with van der Waals surface area (Å²) in [5, 5.41) is 6.93. The minimum absolute atomic E-state index is 0.151. The van der Waals surface area contributed by atoms with Crippen LogP contribution in [-0.2, 0) is 22.8 Å². The van der Waals surface area contributed by atoms with E-state index < -0.39 is 21.7 Å². The fourth-order valence-corrected chi connectivity index (χ4v) is 3.99. The molecular formula is C18H22F2N4O3S. The summed E-state index contributed by atoms with van der Waals surface area (Å²) in [6.45, 7) is 3.91. The number of carbonyl (C=O) groups excluding carboxylic acids is 1. The minimum atomic E-state index is -3.52. The second-order valence-electron chi connectivity index (χ2n) is 7.20. The Bertz CT molecular complexity index is 1010. The number of sulfone groups is 1. The molecule has 2 heterocycles. The van der Waals surface area contributed by atoms with Crippen LogP contribution in [0, 0.1) is 12.8 Å². The number of nitrogens with one attached hydrogen (secondary N) is 1. The van der Waals surface area contributed by atoms with Crippen molar-refractivity contribution in [1.29, 1.82) is 0 Å². The summed E-state index contributed by atoms with van der Waals surface area (Å²) in [4.78, 5) is 16.7. The zero-order chi connectivity index (χ0) is 20.7. The topological polar surface area (TPSA) is 93.9 Å². The molecule has 1 N–H and O–H groups in total. The van der Waals surface area contributed by atoms with Crippen molar-refractivity contribution in [2.24, 2.45) is 5.92 Å². The number of carbonyl (C=O) groups is 1. The Morgan fingerprint density at radius 3 is 2.64 bits per heavy atom. The molecule has 0 bridgehead atoms. The molecule has 28 heavy (non-hydrogen) atoms. The van der Waals surface area contributed by atoms with Gasteiger partial charge in [0.15, 0.2) is 14.9 Å². The number of alkyl halides is 2. The first-order chi connectivity index (χ1) is 13.0. The fraction of sp³-hybridized carbons (Fsp3) is 0.500. The predicted molar refractivity (Wildman–Crippen MR) is 99.3 cm³/mol. The second kappa shape index (κ2) is 7.23. The molecule has 1 fully saturated rings. The quantitative estimate of drug-likeness (QED) is 0.787. The van der Waals surface area contributed by atoms with Gasteiger partial charge < -0.3 is 5.32 Å². The maximum atomic E-state index is 13.2. The van der Waals surface area contributed by atoms with Crippen molar-refractivity contribution in [2.75, 3.05) is 11.6 Å². The highest BCUT2D eigenvalue weighted by Crippen LogP contribution is 2.43. The lowest BCUT2D eigenvalue weighted by atomic mass is 9.81. The molecular weight excluding hydrogens is 390 g/mol. The molecule has 152 valence electrons. The van der Waals surface area contributed by atoms with E-state index >= 15 is 0 Å². The van der Waals surface area contributed by atoms with E-state index in [9.17, 15) is 22.0 Å². The Labute approximate surface area is 162 Å². The standard InChI is InChI=1S/C18H22F2N4O3S/c1-4-14-11(2)16(24(23-14)10-12-8-18(19,20)9-12)17(25)22-13-5-6-21-15(7-13)28(3,26)27/h5-7,12H,4,8-10H2,1-3H3,(H,21,22,25). The molecule has 7 nitrogen and oxygen atoms in total. The van der Waals surface area contributed by atoms with Gasteiger partial charge in [-0.2, -0.15) is 5.10 Å². The number of aryl methyl sites for hydroxylation is 1. The summed E-state index contributed by atoms with van der Waals surface area (Å²) in [6.07, 6.45) is 2.51. The number of nitrogens with zero attached hydrogens (tertiary/aromatic N) is 3. The number of hydrogen-bond donors (Lipinski definition) is 1. The fourth-order valence-electron chi connectivity index (χ4n) is 3.40. The van der Waals surface area contributed by atoms with Gasteiger partial charge in [-0.1, -0.05) is 6.92 Å². The molecule has 0 aromatic carbocycles. The molecule has 0 saturated heterocycles. The van der Waals surface area contributed by atoms with E-state index in [0.717, 1.165) is 11.9 Å². The third-order valence-corrected chi connectivity index (χ3v) is 5.80. The van der Waals surface area contributed by atoms with Gasteiger partial charge in [-0.25, -0.2) is 22.2 Å². The number of amides is 1. The van der Waals surface area contributed by atoms with Gasteiger partial charge in [0.05, 0.1) is 5.69 Å². The van der Waals surface area contributed by atoms with Crippen molar-refractivity contribution in [2.45, 2.75) is 50.6 Å². The van der Waals surface area contributed by atoms with Gasteiger partial charge in [-0.15, -0.1) is 0 Å². The van der Waals surface area contributed by atoms with Crippen LogP contribution in [0.5, 0.6) is 0 Å².